The number of aromatic nitrogens is 2. The molecule has 2 N–H and O–H groups in total. The molecule has 0 spiro atoms. The normalized spacial score (nSPS) is 16.8. The molecule has 2 heterocycles. The van der Waals surface area contributed by atoms with Crippen LogP contribution in [0, 0.1) is 5.82 Å². The Morgan fingerprint density at radius 1 is 1.28 bits per heavy atom. The maximum absolute atomic E-state index is 12.8. The van der Waals surface area contributed by atoms with Gasteiger partial charge in [0.1, 0.15) is 5.82 Å². The lowest BCUT2D eigenvalue weighted by atomic mass is 10.1. The van der Waals surface area contributed by atoms with Crippen molar-refractivity contribution >= 4 is 0 Å². The first-order valence-electron chi connectivity index (χ1n) is 5.77. The third-order valence-electron chi connectivity index (χ3n) is 2.90. The van der Waals surface area contributed by atoms with Gasteiger partial charge in [0.2, 0.25) is 11.8 Å². The van der Waals surface area contributed by atoms with E-state index in [1.54, 1.807) is 12.1 Å². The van der Waals surface area contributed by atoms with Gasteiger partial charge in [0.05, 0.1) is 6.54 Å². The van der Waals surface area contributed by atoms with E-state index in [1.165, 1.54) is 12.1 Å². The van der Waals surface area contributed by atoms with Crippen molar-refractivity contribution in [2.45, 2.75) is 12.6 Å². The van der Waals surface area contributed by atoms with Crippen LogP contribution in [0.3, 0.4) is 0 Å². The van der Waals surface area contributed by atoms with Crippen LogP contribution in [0.4, 0.5) is 4.39 Å². The van der Waals surface area contributed by atoms with E-state index in [2.05, 4.69) is 15.1 Å². The Morgan fingerprint density at radius 3 is 2.67 bits per heavy atom. The lowest BCUT2D eigenvalue weighted by molar-refractivity contribution is 0.129. The minimum Gasteiger partial charge on any atom is -0.419 e. The summed E-state index contributed by atoms with van der Waals surface area (Å²) in [7, 11) is 0. The van der Waals surface area contributed by atoms with E-state index in [0.29, 0.717) is 18.3 Å². The van der Waals surface area contributed by atoms with Gasteiger partial charge in [-0.2, -0.15) is 0 Å². The Hall–Kier alpha value is -1.79. The van der Waals surface area contributed by atoms with Gasteiger partial charge in [-0.25, -0.2) is 4.39 Å². The molecule has 18 heavy (non-hydrogen) atoms. The standard InChI is InChI=1S/C12H13FN4O/c13-9-3-1-8(2-4-9)12-16-15-11(18-12)7-17-5-10(14)6-17/h1-4,10H,5-7,14H2. The molecule has 0 radical (unpaired) electrons. The van der Waals surface area contributed by atoms with E-state index in [0.717, 1.165) is 18.7 Å². The molecule has 94 valence electrons. The van der Waals surface area contributed by atoms with Crippen LogP contribution in [0.15, 0.2) is 28.7 Å². The number of halogens is 1. The van der Waals surface area contributed by atoms with Crippen molar-refractivity contribution < 1.29 is 8.81 Å². The van der Waals surface area contributed by atoms with Crippen LogP contribution in [0.2, 0.25) is 0 Å². The van der Waals surface area contributed by atoms with Crippen LogP contribution in [0.5, 0.6) is 0 Å². The minimum absolute atomic E-state index is 0.254. The third-order valence-corrected chi connectivity index (χ3v) is 2.90. The molecule has 1 saturated heterocycles. The first-order valence-corrected chi connectivity index (χ1v) is 5.77. The van der Waals surface area contributed by atoms with Gasteiger partial charge in [0, 0.05) is 24.7 Å². The van der Waals surface area contributed by atoms with Crippen LogP contribution in [-0.4, -0.2) is 34.2 Å². The van der Waals surface area contributed by atoms with Gasteiger partial charge < -0.3 is 10.2 Å². The van der Waals surface area contributed by atoms with Crippen LogP contribution in [0.1, 0.15) is 5.89 Å². The molecule has 1 aliphatic heterocycles. The van der Waals surface area contributed by atoms with E-state index in [9.17, 15) is 4.39 Å². The lowest BCUT2D eigenvalue weighted by Crippen LogP contribution is -2.54. The zero-order chi connectivity index (χ0) is 12.5. The second kappa shape index (κ2) is 4.47. The summed E-state index contributed by atoms with van der Waals surface area (Å²) in [6.45, 7) is 2.32. The maximum Gasteiger partial charge on any atom is 0.247 e. The molecule has 0 unspecified atom stereocenters. The van der Waals surface area contributed by atoms with Crippen molar-refractivity contribution in [3.05, 3.63) is 36.0 Å². The summed E-state index contributed by atoms with van der Waals surface area (Å²) in [4.78, 5) is 2.13. The minimum atomic E-state index is -0.284. The fraction of sp³-hybridized carbons (Fsp3) is 0.333. The fourth-order valence-corrected chi connectivity index (χ4v) is 1.96. The molecule has 0 saturated carbocycles. The van der Waals surface area contributed by atoms with Gasteiger partial charge >= 0.3 is 0 Å². The summed E-state index contributed by atoms with van der Waals surface area (Å²) in [6, 6.07) is 6.23. The highest BCUT2D eigenvalue weighted by molar-refractivity contribution is 5.51. The van der Waals surface area contributed by atoms with Crippen molar-refractivity contribution in [1.29, 1.82) is 0 Å². The highest BCUT2D eigenvalue weighted by Gasteiger charge is 2.24. The van der Waals surface area contributed by atoms with E-state index < -0.39 is 0 Å². The van der Waals surface area contributed by atoms with E-state index in [1.807, 2.05) is 0 Å². The molecule has 0 atom stereocenters. The van der Waals surface area contributed by atoms with Crippen molar-refractivity contribution in [3.8, 4) is 11.5 Å². The average molecular weight is 248 g/mol. The Morgan fingerprint density at radius 2 is 2.00 bits per heavy atom. The fourth-order valence-electron chi connectivity index (χ4n) is 1.96. The summed E-state index contributed by atoms with van der Waals surface area (Å²) < 4.78 is 18.3. The number of hydrogen-bond donors (Lipinski definition) is 1. The molecule has 1 fully saturated rings. The number of hydrogen-bond acceptors (Lipinski definition) is 5. The first kappa shape index (κ1) is 11.3. The Balaban J connectivity index is 1.71. The van der Waals surface area contributed by atoms with Crippen molar-refractivity contribution in [3.63, 3.8) is 0 Å². The molecule has 0 bridgehead atoms. The summed E-state index contributed by atoms with van der Waals surface area (Å²) in [6.07, 6.45) is 0. The summed E-state index contributed by atoms with van der Waals surface area (Å²) in [5.74, 6) is 0.684. The Bertz CT molecular complexity index is 533. The van der Waals surface area contributed by atoms with Crippen molar-refractivity contribution in [2.75, 3.05) is 13.1 Å². The molecule has 3 rings (SSSR count). The predicted molar refractivity (Wildman–Crippen MR) is 62.9 cm³/mol. The molecule has 5 nitrogen and oxygen atoms in total. The number of likely N-dealkylation sites (tertiary alicyclic amines) is 1. The van der Waals surface area contributed by atoms with Crippen LogP contribution >= 0.6 is 0 Å². The zero-order valence-electron chi connectivity index (χ0n) is 9.71. The van der Waals surface area contributed by atoms with Crippen molar-refractivity contribution in [1.82, 2.24) is 15.1 Å². The number of nitrogens with zero attached hydrogens (tertiary/aromatic N) is 3. The SMILES string of the molecule is NC1CN(Cc2nnc(-c3ccc(F)cc3)o2)C1. The topological polar surface area (TPSA) is 68.2 Å². The van der Waals surface area contributed by atoms with E-state index >= 15 is 0 Å². The van der Waals surface area contributed by atoms with E-state index in [4.69, 9.17) is 10.2 Å². The third kappa shape index (κ3) is 2.25. The van der Waals surface area contributed by atoms with Crippen molar-refractivity contribution in [2.24, 2.45) is 5.73 Å². The molecule has 0 aliphatic carbocycles. The summed E-state index contributed by atoms with van der Waals surface area (Å²) in [5.41, 5.74) is 6.41. The van der Waals surface area contributed by atoms with Gasteiger partial charge in [-0.05, 0) is 24.3 Å². The Kier molecular flexibility index (Phi) is 2.81. The number of nitrogens with two attached hydrogens (primary N) is 1. The van der Waals surface area contributed by atoms with Gasteiger partial charge in [-0.3, -0.25) is 4.90 Å². The molecular formula is C12H13FN4O. The second-order valence-electron chi connectivity index (χ2n) is 4.46. The molecular weight excluding hydrogens is 235 g/mol. The summed E-state index contributed by atoms with van der Waals surface area (Å²) in [5, 5.41) is 7.92. The zero-order valence-corrected chi connectivity index (χ0v) is 9.71. The molecule has 1 aliphatic rings. The second-order valence-corrected chi connectivity index (χ2v) is 4.46. The quantitative estimate of drug-likeness (QED) is 0.878. The highest BCUT2D eigenvalue weighted by atomic mass is 19.1. The maximum atomic E-state index is 12.8. The molecule has 1 aromatic heterocycles. The highest BCUT2D eigenvalue weighted by Crippen LogP contribution is 2.19. The van der Waals surface area contributed by atoms with Crippen LogP contribution < -0.4 is 5.73 Å². The molecule has 2 aromatic rings. The van der Waals surface area contributed by atoms with Gasteiger partial charge in [0.15, 0.2) is 0 Å². The molecule has 0 amide bonds. The Labute approximate surface area is 103 Å². The summed E-state index contributed by atoms with van der Waals surface area (Å²) >= 11 is 0. The van der Waals surface area contributed by atoms with Gasteiger partial charge in [-0.15, -0.1) is 10.2 Å². The molecule has 1 aromatic carbocycles. The van der Waals surface area contributed by atoms with Gasteiger partial charge in [0.25, 0.3) is 0 Å². The lowest BCUT2D eigenvalue weighted by Gasteiger charge is -2.35. The van der Waals surface area contributed by atoms with Gasteiger partial charge in [-0.1, -0.05) is 0 Å². The number of benzene rings is 1. The largest absolute Gasteiger partial charge is 0.419 e. The average Bonchev–Trinajstić information content (AvgIpc) is 2.77. The monoisotopic (exact) mass is 248 g/mol. The molecule has 6 heteroatoms. The number of rotatable bonds is 3. The van der Waals surface area contributed by atoms with Crippen LogP contribution in [0.25, 0.3) is 11.5 Å². The predicted octanol–water partition coefficient (Wildman–Crippen LogP) is 1.02. The van der Waals surface area contributed by atoms with E-state index in [-0.39, 0.29) is 11.9 Å². The van der Waals surface area contributed by atoms with Crippen LogP contribution in [-0.2, 0) is 6.54 Å². The first-order chi connectivity index (χ1) is 8.70. The smallest absolute Gasteiger partial charge is 0.247 e.